The first kappa shape index (κ1) is 44.1. The van der Waals surface area contributed by atoms with Crippen LogP contribution >= 0.6 is 23.2 Å². The average Bonchev–Trinajstić information content (AvgIpc) is 3.29. The van der Waals surface area contributed by atoms with Gasteiger partial charge in [0.2, 0.25) is 11.8 Å². The van der Waals surface area contributed by atoms with Crippen LogP contribution in [0.25, 0.3) is 21.8 Å². The zero-order valence-electron chi connectivity index (χ0n) is 33.6. The van der Waals surface area contributed by atoms with E-state index < -0.39 is 0 Å². The number of fused-ring (bicyclic) bond motifs is 2. The monoisotopic (exact) mass is 896 g/mol. The minimum absolute atomic E-state index is 0.194. The number of halogens is 4. The van der Waals surface area contributed by atoms with E-state index in [-0.39, 0.29) is 36.7 Å². The summed E-state index contributed by atoms with van der Waals surface area (Å²) in [5.41, 5.74) is 5.40. The van der Waals surface area contributed by atoms with Gasteiger partial charge >= 0.3 is 0 Å². The van der Waals surface area contributed by atoms with E-state index in [4.69, 9.17) is 32.7 Å². The molecule has 0 aliphatic heterocycles. The maximum atomic E-state index is 13.3. The highest BCUT2D eigenvalue weighted by Crippen LogP contribution is 2.33. The lowest BCUT2D eigenvalue weighted by Gasteiger charge is -2.12. The highest BCUT2D eigenvalue weighted by Gasteiger charge is 2.12. The summed E-state index contributed by atoms with van der Waals surface area (Å²) in [5, 5.41) is 14.1. The van der Waals surface area contributed by atoms with Crippen LogP contribution in [0.1, 0.15) is 11.1 Å². The van der Waals surface area contributed by atoms with Crippen LogP contribution in [0.2, 0.25) is 10.0 Å². The van der Waals surface area contributed by atoms with Gasteiger partial charge in [-0.25, -0.2) is 28.7 Å². The second-order valence-electron chi connectivity index (χ2n) is 13.7. The Morgan fingerprint density at radius 2 is 0.969 bits per heavy atom. The Balaban J connectivity index is 0.000000191. The predicted octanol–water partition coefficient (Wildman–Crippen LogP) is 11.7. The molecule has 16 heteroatoms. The molecule has 8 aromatic rings. The van der Waals surface area contributed by atoms with Crippen LogP contribution in [-0.4, -0.2) is 31.8 Å². The molecule has 0 radical (unpaired) electrons. The molecule has 4 N–H and O–H groups in total. The van der Waals surface area contributed by atoms with Crippen molar-refractivity contribution in [3.05, 3.63) is 192 Å². The number of nitrogens with one attached hydrogen (secondary N) is 4. The van der Waals surface area contributed by atoms with Gasteiger partial charge in [0.15, 0.2) is 0 Å². The SMILES string of the molecule is C=CC(=O)Nc1ccc2ncnc(Nc3ccc(OCc4cccc(F)c4)c(Cl)c3)c2c1.C=CC(=O)Nc1ccc2ncnc(Nc3ccc(OCc4cccc(F)c4)c(Cl)c3)c2c1. The number of anilines is 6. The molecule has 2 amide bonds. The Hall–Kier alpha value is -7.94. The first-order valence-electron chi connectivity index (χ1n) is 19.3. The Morgan fingerprint density at radius 1 is 0.547 bits per heavy atom. The summed E-state index contributed by atoms with van der Waals surface area (Å²) in [4.78, 5) is 40.3. The molecule has 2 aromatic heterocycles. The molecule has 12 nitrogen and oxygen atoms in total. The lowest BCUT2D eigenvalue weighted by atomic mass is 10.2. The van der Waals surface area contributed by atoms with Gasteiger partial charge in [0.1, 0.15) is 60.6 Å². The molecular weight excluding hydrogens is 861 g/mol. The van der Waals surface area contributed by atoms with Crippen LogP contribution in [-0.2, 0) is 22.8 Å². The molecule has 0 spiro atoms. The fraction of sp³-hybridized carbons (Fsp3) is 0.0417. The zero-order valence-corrected chi connectivity index (χ0v) is 35.1. The van der Waals surface area contributed by atoms with Gasteiger partial charge in [0, 0.05) is 33.5 Å². The van der Waals surface area contributed by atoms with Crippen molar-refractivity contribution in [3.8, 4) is 11.5 Å². The van der Waals surface area contributed by atoms with Crippen LogP contribution in [0.3, 0.4) is 0 Å². The highest BCUT2D eigenvalue weighted by molar-refractivity contribution is 6.32. The van der Waals surface area contributed by atoms with E-state index in [0.29, 0.717) is 78.1 Å². The number of nitrogens with zero attached hydrogens (tertiary/aromatic N) is 4. The first-order valence-corrected chi connectivity index (χ1v) is 20.0. The molecule has 0 fully saturated rings. The Kier molecular flexibility index (Phi) is 14.3. The third-order valence-electron chi connectivity index (χ3n) is 9.13. The van der Waals surface area contributed by atoms with Gasteiger partial charge in [0.25, 0.3) is 0 Å². The van der Waals surface area contributed by atoms with Gasteiger partial charge in [-0.15, -0.1) is 0 Å². The first-order chi connectivity index (χ1) is 31.0. The van der Waals surface area contributed by atoms with Crippen molar-refractivity contribution in [2.24, 2.45) is 0 Å². The van der Waals surface area contributed by atoms with Gasteiger partial charge in [0.05, 0.1) is 21.1 Å². The fourth-order valence-corrected chi connectivity index (χ4v) is 6.57. The molecule has 0 unspecified atom stereocenters. The van der Waals surface area contributed by atoms with Crippen molar-refractivity contribution >= 4 is 91.2 Å². The Labute approximate surface area is 375 Å². The number of carbonyl (C=O) groups is 2. The topological polar surface area (TPSA) is 152 Å². The summed E-state index contributed by atoms with van der Waals surface area (Å²) in [6, 6.07) is 33.5. The normalized spacial score (nSPS) is 10.6. The maximum Gasteiger partial charge on any atom is 0.247 e. The molecule has 0 bridgehead atoms. The second-order valence-corrected chi connectivity index (χ2v) is 14.5. The van der Waals surface area contributed by atoms with Crippen molar-refractivity contribution < 1.29 is 27.8 Å². The van der Waals surface area contributed by atoms with E-state index in [2.05, 4.69) is 54.4 Å². The predicted molar refractivity (Wildman–Crippen MR) is 248 cm³/mol. The van der Waals surface area contributed by atoms with E-state index in [1.807, 2.05) is 0 Å². The Bertz CT molecular complexity index is 2830. The molecule has 64 heavy (non-hydrogen) atoms. The number of rotatable bonds is 14. The molecule has 2 heterocycles. The standard InChI is InChI=1S/2C24H18ClFN4O2/c2*1-2-23(31)29-17-6-8-21-19(11-17)24(28-14-27-21)30-18-7-9-22(20(25)12-18)32-13-15-4-3-5-16(26)10-15/h2*2-12,14H,1,13H2,(H,29,31)(H,27,28,30). The van der Waals surface area contributed by atoms with E-state index in [9.17, 15) is 18.4 Å². The van der Waals surface area contributed by atoms with Crippen molar-refractivity contribution in [2.75, 3.05) is 21.3 Å². The highest BCUT2D eigenvalue weighted by atomic mass is 35.5. The number of hydrogen-bond acceptors (Lipinski definition) is 10. The van der Waals surface area contributed by atoms with Gasteiger partial charge in [-0.05, 0) is 120 Å². The smallest absolute Gasteiger partial charge is 0.247 e. The van der Waals surface area contributed by atoms with E-state index >= 15 is 0 Å². The van der Waals surface area contributed by atoms with Crippen molar-refractivity contribution in [1.82, 2.24) is 19.9 Å². The van der Waals surface area contributed by atoms with Crippen LogP contribution in [0.5, 0.6) is 11.5 Å². The maximum absolute atomic E-state index is 13.3. The summed E-state index contributed by atoms with van der Waals surface area (Å²) in [5.74, 6) is 0.796. The number of hydrogen-bond donors (Lipinski definition) is 4. The number of ether oxygens (including phenoxy) is 2. The van der Waals surface area contributed by atoms with Crippen LogP contribution in [0, 0.1) is 11.6 Å². The molecule has 0 saturated heterocycles. The minimum atomic E-state index is -0.318. The minimum Gasteiger partial charge on any atom is -0.487 e. The molecule has 0 saturated carbocycles. The lowest BCUT2D eigenvalue weighted by molar-refractivity contribution is -0.112. The van der Waals surface area contributed by atoms with Crippen LogP contribution < -0.4 is 30.7 Å². The number of carbonyl (C=O) groups excluding carboxylic acids is 2. The molecule has 0 atom stereocenters. The number of amides is 2. The summed E-state index contributed by atoms with van der Waals surface area (Å²) < 4.78 is 38.1. The molecule has 0 aliphatic carbocycles. The fourth-order valence-electron chi connectivity index (χ4n) is 6.09. The van der Waals surface area contributed by atoms with E-state index in [1.165, 1.54) is 49.1 Å². The largest absolute Gasteiger partial charge is 0.487 e. The van der Waals surface area contributed by atoms with Crippen LogP contribution in [0.4, 0.5) is 43.2 Å². The second kappa shape index (κ2) is 20.8. The van der Waals surface area contributed by atoms with Crippen LogP contribution in [0.15, 0.2) is 159 Å². The molecule has 8 rings (SSSR count). The molecule has 320 valence electrons. The molecule has 0 aliphatic rings. The van der Waals surface area contributed by atoms with Crippen molar-refractivity contribution in [3.63, 3.8) is 0 Å². The zero-order chi connectivity index (χ0) is 45.0. The number of benzene rings is 6. The Morgan fingerprint density at radius 3 is 1.36 bits per heavy atom. The molecule has 6 aromatic carbocycles. The summed E-state index contributed by atoms with van der Waals surface area (Å²) in [6.45, 7) is 7.30. The van der Waals surface area contributed by atoms with E-state index in [0.717, 1.165) is 10.8 Å². The average molecular weight is 898 g/mol. The summed E-state index contributed by atoms with van der Waals surface area (Å²) >= 11 is 12.8. The summed E-state index contributed by atoms with van der Waals surface area (Å²) in [7, 11) is 0. The van der Waals surface area contributed by atoms with E-state index in [1.54, 1.807) is 97.1 Å². The van der Waals surface area contributed by atoms with Gasteiger partial charge < -0.3 is 30.7 Å². The third kappa shape index (κ3) is 11.7. The van der Waals surface area contributed by atoms with Gasteiger partial charge in [-0.2, -0.15) is 0 Å². The quantitative estimate of drug-likeness (QED) is 0.0776. The van der Waals surface area contributed by atoms with Crippen molar-refractivity contribution in [2.45, 2.75) is 13.2 Å². The lowest BCUT2D eigenvalue weighted by Crippen LogP contribution is -2.07. The number of aromatic nitrogens is 4. The molecular formula is C48H36Cl2F2N8O4. The van der Waals surface area contributed by atoms with Gasteiger partial charge in [-0.3, -0.25) is 9.59 Å². The summed E-state index contributed by atoms with van der Waals surface area (Å²) in [6.07, 6.45) is 5.30. The van der Waals surface area contributed by atoms with Gasteiger partial charge in [-0.1, -0.05) is 60.6 Å². The third-order valence-corrected chi connectivity index (χ3v) is 9.72. The van der Waals surface area contributed by atoms with Crippen molar-refractivity contribution in [1.29, 1.82) is 0 Å².